The van der Waals surface area contributed by atoms with Crippen LogP contribution in [0.25, 0.3) is 0 Å². The maximum absolute atomic E-state index is 10.5. The highest BCUT2D eigenvalue weighted by Crippen LogP contribution is 2.27. The van der Waals surface area contributed by atoms with Gasteiger partial charge in [-0.1, -0.05) is 13.0 Å². The van der Waals surface area contributed by atoms with Crippen molar-refractivity contribution in [2.75, 3.05) is 5.32 Å². The van der Waals surface area contributed by atoms with Crippen LogP contribution in [0.5, 0.6) is 0 Å². The first kappa shape index (κ1) is 14.0. The van der Waals surface area contributed by atoms with Crippen molar-refractivity contribution in [1.29, 1.82) is 0 Å². The Balaban J connectivity index is 1.97. The van der Waals surface area contributed by atoms with Crippen molar-refractivity contribution in [1.82, 2.24) is 4.98 Å². The van der Waals surface area contributed by atoms with Gasteiger partial charge in [-0.3, -0.25) is 4.79 Å². The normalized spacial score (nSPS) is 12.3. The van der Waals surface area contributed by atoms with Crippen LogP contribution in [0.1, 0.15) is 36.4 Å². The van der Waals surface area contributed by atoms with Crippen LogP contribution in [0.4, 0.5) is 5.13 Å². The molecule has 0 radical (unpaired) electrons. The number of carbonyl (C=O) groups is 1. The van der Waals surface area contributed by atoms with Crippen LogP contribution in [0.3, 0.4) is 0 Å². The minimum Gasteiger partial charge on any atom is -0.481 e. The predicted octanol–water partition coefficient (Wildman–Crippen LogP) is 3.79. The largest absolute Gasteiger partial charge is 0.481 e. The van der Waals surface area contributed by atoms with Crippen LogP contribution in [0, 0.1) is 0 Å². The number of rotatable bonds is 7. The van der Waals surface area contributed by atoms with Gasteiger partial charge in [0, 0.05) is 16.7 Å². The summed E-state index contributed by atoms with van der Waals surface area (Å²) in [5.41, 5.74) is 0.843. The van der Waals surface area contributed by atoms with E-state index in [0.29, 0.717) is 6.42 Å². The first-order valence-corrected chi connectivity index (χ1v) is 7.91. The average Bonchev–Trinajstić information content (AvgIpc) is 3.05. The smallest absolute Gasteiger partial charge is 0.303 e. The quantitative estimate of drug-likeness (QED) is 0.816. The van der Waals surface area contributed by atoms with Gasteiger partial charge in [0.2, 0.25) is 0 Å². The van der Waals surface area contributed by atoms with Crippen molar-refractivity contribution in [2.45, 2.75) is 32.2 Å². The topological polar surface area (TPSA) is 62.2 Å². The second kappa shape index (κ2) is 6.68. The van der Waals surface area contributed by atoms with Gasteiger partial charge in [-0.2, -0.15) is 0 Å². The summed E-state index contributed by atoms with van der Waals surface area (Å²) in [6.07, 6.45) is 1.61. The molecule has 2 aromatic rings. The van der Waals surface area contributed by atoms with E-state index in [1.807, 2.05) is 11.4 Å². The molecule has 0 saturated carbocycles. The molecule has 0 bridgehead atoms. The lowest BCUT2D eigenvalue weighted by Crippen LogP contribution is -2.08. The van der Waals surface area contributed by atoms with Crippen LogP contribution in [-0.4, -0.2) is 16.1 Å². The molecule has 19 heavy (non-hydrogen) atoms. The molecular weight excluding hydrogens is 280 g/mol. The number of hydrogen-bond donors (Lipinski definition) is 2. The van der Waals surface area contributed by atoms with Crippen molar-refractivity contribution >= 4 is 33.8 Å². The molecule has 4 nitrogen and oxygen atoms in total. The molecule has 0 aliphatic rings. The molecule has 0 fully saturated rings. The molecule has 102 valence electrons. The molecule has 0 aliphatic heterocycles. The minimum absolute atomic E-state index is 0.130. The molecule has 0 amide bonds. The monoisotopic (exact) mass is 296 g/mol. The number of aromatic nitrogens is 1. The van der Waals surface area contributed by atoms with E-state index in [2.05, 4.69) is 28.7 Å². The second-order valence-electron chi connectivity index (χ2n) is 4.16. The van der Waals surface area contributed by atoms with Crippen LogP contribution < -0.4 is 5.32 Å². The Bertz CT molecular complexity index is 522. The zero-order chi connectivity index (χ0) is 13.7. The summed E-state index contributed by atoms with van der Waals surface area (Å²) in [7, 11) is 0. The first-order chi connectivity index (χ1) is 9.19. The molecule has 2 rings (SSSR count). The van der Waals surface area contributed by atoms with Crippen molar-refractivity contribution < 1.29 is 9.90 Å². The average molecular weight is 296 g/mol. The molecular formula is C13H16N2O2S2. The zero-order valence-electron chi connectivity index (χ0n) is 10.6. The van der Waals surface area contributed by atoms with Crippen molar-refractivity contribution in [3.8, 4) is 0 Å². The third-order valence-corrected chi connectivity index (χ3v) is 4.55. The van der Waals surface area contributed by atoms with E-state index in [-0.39, 0.29) is 12.5 Å². The number of carboxylic acids is 1. The van der Waals surface area contributed by atoms with Gasteiger partial charge in [-0.15, -0.1) is 22.7 Å². The van der Waals surface area contributed by atoms with E-state index in [1.165, 1.54) is 16.2 Å². The summed E-state index contributed by atoms with van der Waals surface area (Å²) in [4.78, 5) is 16.2. The minimum atomic E-state index is -0.785. The fraction of sp³-hybridized carbons (Fsp3) is 0.385. The third kappa shape index (κ3) is 4.04. The van der Waals surface area contributed by atoms with Crippen LogP contribution in [0.2, 0.25) is 0 Å². The van der Waals surface area contributed by atoms with E-state index in [4.69, 9.17) is 5.11 Å². The van der Waals surface area contributed by atoms with Crippen LogP contribution >= 0.6 is 22.7 Å². The Morgan fingerprint density at radius 3 is 3.00 bits per heavy atom. The summed E-state index contributed by atoms with van der Waals surface area (Å²) in [5, 5.41) is 16.9. The Kier molecular flexibility index (Phi) is 4.93. The number of hydrogen-bond acceptors (Lipinski definition) is 5. The van der Waals surface area contributed by atoms with E-state index >= 15 is 0 Å². The number of thiophene rings is 1. The van der Waals surface area contributed by atoms with Crippen LogP contribution in [-0.2, 0) is 11.2 Å². The van der Waals surface area contributed by atoms with Gasteiger partial charge in [-0.05, 0) is 17.9 Å². The number of aliphatic carboxylic acids is 1. The van der Waals surface area contributed by atoms with Crippen molar-refractivity contribution in [3.05, 3.63) is 33.5 Å². The molecule has 0 saturated heterocycles. The van der Waals surface area contributed by atoms with Crippen LogP contribution in [0.15, 0.2) is 22.9 Å². The maximum Gasteiger partial charge on any atom is 0.303 e. The van der Waals surface area contributed by atoms with Gasteiger partial charge in [0.1, 0.15) is 0 Å². The molecule has 1 unspecified atom stereocenters. The zero-order valence-corrected chi connectivity index (χ0v) is 12.3. The van der Waals surface area contributed by atoms with Gasteiger partial charge in [0.05, 0.1) is 18.2 Å². The third-order valence-electron chi connectivity index (χ3n) is 2.74. The summed E-state index contributed by atoms with van der Waals surface area (Å²) in [6.45, 7) is 2.14. The molecule has 2 N–H and O–H groups in total. The predicted molar refractivity (Wildman–Crippen MR) is 79.0 cm³/mol. The van der Waals surface area contributed by atoms with Gasteiger partial charge < -0.3 is 10.4 Å². The molecule has 2 heterocycles. The number of anilines is 1. The molecule has 0 aliphatic carbocycles. The fourth-order valence-electron chi connectivity index (χ4n) is 1.74. The number of nitrogens with zero attached hydrogens (tertiary/aromatic N) is 1. The lowest BCUT2D eigenvalue weighted by atomic mass is 10.2. The Hall–Kier alpha value is -1.40. The van der Waals surface area contributed by atoms with E-state index in [1.54, 1.807) is 11.3 Å². The number of aryl methyl sites for hydroxylation is 1. The second-order valence-corrected chi connectivity index (χ2v) is 6.00. The fourth-order valence-corrected chi connectivity index (χ4v) is 3.40. The van der Waals surface area contributed by atoms with E-state index in [9.17, 15) is 4.79 Å². The van der Waals surface area contributed by atoms with E-state index < -0.39 is 5.97 Å². The molecule has 6 heteroatoms. The van der Waals surface area contributed by atoms with Gasteiger partial charge in [0.15, 0.2) is 5.13 Å². The molecule has 0 aromatic carbocycles. The Labute approximate surface area is 120 Å². The molecule has 1 atom stereocenters. The van der Waals surface area contributed by atoms with Gasteiger partial charge in [-0.25, -0.2) is 4.98 Å². The maximum atomic E-state index is 10.5. The summed E-state index contributed by atoms with van der Waals surface area (Å²) >= 11 is 3.26. The Morgan fingerprint density at radius 1 is 1.53 bits per heavy atom. The van der Waals surface area contributed by atoms with Crippen molar-refractivity contribution in [3.63, 3.8) is 0 Å². The van der Waals surface area contributed by atoms with Gasteiger partial charge in [0.25, 0.3) is 0 Å². The standard InChI is InChI=1S/C13H16N2O2S2/c1-2-10(11-4-3-7-18-11)15-13-14-9(8-19-13)5-6-12(16)17/h3-4,7-8,10H,2,5-6H2,1H3,(H,14,15)(H,16,17). The van der Waals surface area contributed by atoms with Gasteiger partial charge >= 0.3 is 5.97 Å². The highest BCUT2D eigenvalue weighted by molar-refractivity contribution is 7.13. The SMILES string of the molecule is CCC(Nc1nc(CCC(=O)O)cs1)c1cccs1. The number of nitrogens with one attached hydrogen (secondary N) is 1. The van der Waals surface area contributed by atoms with E-state index in [0.717, 1.165) is 17.2 Å². The first-order valence-electron chi connectivity index (χ1n) is 6.15. The van der Waals surface area contributed by atoms with Crippen molar-refractivity contribution in [2.24, 2.45) is 0 Å². The number of carboxylic acid groups (broad SMARTS) is 1. The summed E-state index contributed by atoms with van der Waals surface area (Å²) in [5.74, 6) is -0.785. The highest BCUT2D eigenvalue weighted by atomic mass is 32.1. The number of thiazole rings is 1. The Morgan fingerprint density at radius 2 is 2.37 bits per heavy atom. The lowest BCUT2D eigenvalue weighted by molar-refractivity contribution is -0.136. The lowest BCUT2D eigenvalue weighted by Gasteiger charge is -2.14. The summed E-state index contributed by atoms with van der Waals surface area (Å²) in [6, 6.07) is 4.44. The molecule has 0 spiro atoms. The molecule has 2 aromatic heterocycles. The summed E-state index contributed by atoms with van der Waals surface area (Å²) < 4.78 is 0. The highest BCUT2D eigenvalue weighted by Gasteiger charge is 2.12.